The van der Waals surface area contributed by atoms with Crippen LogP contribution in [-0.2, 0) is 4.74 Å². The molecule has 0 spiro atoms. The number of aliphatic hydroxyl groups is 1. The first-order valence-electron chi connectivity index (χ1n) is 6.73. The molecule has 1 amide bonds. The maximum atomic E-state index is 12.4. The van der Waals surface area contributed by atoms with E-state index in [2.05, 4.69) is 5.32 Å². The topological polar surface area (TPSA) is 58.6 Å². The van der Waals surface area contributed by atoms with Gasteiger partial charge in [-0.25, -0.2) is 4.79 Å². The van der Waals surface area contributed by atoms with E-state index in [1.54, 1.807) is 20.8 Å². The molecule has 1 saturated carbocycles. The molecule has 1 fully saturated rings. The van der Waals surface area contributed by atoms with E-state index in [1.807, 2.05) is 0 Å². The predicted octanol–water partition coefficient (Wildman–Crippen LogP) is 2.99. The second-order valence-electron chi connectivity index (χ2n) is 6.24. The molecule has 0 aromatic carbocycles. The molecule has 0 aromatic heterocycles. The molecule has 1 atom stereocenters. The minimum absolute atomic E-state index is 0.193. The van der Waals surface area contributed by atoms with Gasteiger partial charge in [0.2, 0.25) is 0 Å². The summed E-state index contributed by atoms with van der Waals surface area (Å²) in [7, 11) is 0. The first-order chi connectivity index (χ1) is 8.99. The van der Waals surface area contributed by atoms with Crippen molar-refractivity contribution in [1.29, 1.82) is 0 Å². The largest absolute Gasteiger partial charge is 0.444 e. The fourth-order valence-electron chi connectivity index (χ4n) is 2.32. The highest BCUT2D eigenvalue weighted by atomic mass is 19.4. The Morgan fingerprint density at radius 1 is 1.20 bits per heavy atom. The van der Waals surface area contributed by atoms with Gasteiger partial charge in [-0.3, -0.25) is 0 Å². The van der Waals surface area contributed by atoms with Crippen molar-refractivity contribution in [2.75, 3.05) is 0 Å². The molecule has 1 unspecified atom stereocenters. The fourth-order valence-corrected chi connectivity index (χ4v) is 2.32. The number of rotatable bonds is 2. The zero-order chi connectivity index (χ0) is 15.6. The SMILES string of the molecule is CC(C)(C)OC(=O)NC1CCC(C(O)C(F)(F)F)CC1. The number of carbonyl (C=O) groups excluding carboxylic acids is 1. The third-order valence-electron chi connectivity index (χ3n) is 3.27. The molecule has 0 radical (unpaired) electrons. The summed E-state index contributed by atoms with van der Waals surface area (Å²) in [6.45, 7) is 5.22. The van der Waals surface area contributed by atoms with Gasteiger partial charge in [0, 0.05) is 6.04 Å². The average Bonchev–Trinajstić information content (AvgIpc) is 2.25. The third-order valence-corrected chi connectivity index (χ3v) is 3.27. The van der Waals surface area contributed by atoms with Crippen molar-refractivity contribution in [3.8, 4) is 0 Å². The highest BCUT2D eigenvalue weighted by molar-refractivity contribution is 5.68. The standard InChI is InChI=1S/C13H22F3NO3/c1-12(2,3)20-11(19)17-9-6-4-8(5-7-9)10(18)13(14,15)16/h8-10,18H,4-7H2,1-3H3,(H,17,19). The molecular weight excluding hydrogens is 275 g/mol. The van der Waals surface area contributed by atoms with Crippen LogP contribution in [0.1, 0.15) is 46.5 Å². The Kier molecular flexibility index (Phi) is 5.29. The number of hydrogen-bond donors (Lipinski definition) is 2. The molecule has 2 N–H and O–H groups in total. The van der Waals surface area contributed by atoms with Crippen LogP contribution in [0.2, 0.25) is 0 Å². The number of hydrogen-bond acceptors (Lipinski definition) is 3. The summed E-state index contributed by atoms with van der Waals surface area (Å²) in [6.07, 6.45) is -6.10. The van der Waals surface area contributed by atoms with Crippen molar-refractivity contribution < 1.29 is 27.8 Å². The van der Waals surface area contributed by atoms with Crippen molar-refractivity contribution >= 4 is 6.09 Å². The van der Waals surface area contributed by atoms with Crippen molar-refractivity contribution in [2.45, 2.75) is 70.4 Å². The first-order valence-corrected chi connectivity index (χ1v) is 6.73. The van der Waals surface area contributed by atoms with Crippen molar-refractivity contribution in [1.82, 2.24) is 5.32 Å². The lowest BCUT2D eigenvalue weighted by Crippen LogP contribution is -2.44. The van der Waals surface area contributed by atoms with Crippen molar-refractivity contribution in [2.24, 2.45) is 5.92 Å². The van der Waals surface area contributed by atoms with Crippen molar-refractivity contribution in [3.63, 3.8) is 0 Å². The Morgan fingerprint density at radius 3 is 2.10 bits per heavy atom. The lowest BCUT2D eigenvalue weighted by Gasteiger charge is -2.33. The van der Waals surface area contributed by atoms with E-state index >= 15 is 0 Å². The van der Waals surface area contributed by atoms with E-state index in [0.29, 0.717) is 12.8 Å². The summed E-state index contributed by atoms with van der Waals surface area (Å²) in [6, 6.07) is -0.193. The maximum Gasteiger partial charge on any atom is 0.414 e. The van der Waals surface area contributed by atoms with E-state index in [4.69, 9.17) is 4.74 Å². The Bertz CT molecular complexity index is 331. The summed E-state index contributed by atoms with van der Waals surface area (Å²) >= 11 is 0. The number of aliphatic hydroxyl groups excluding tert-OH is 1. The van der Waals surface area contributed by atoms with E-state index in [-0.39, 0.29) is 18.9 Å². The number of alkyl halides is 3. The summed E-state index contributed by atoms with van der Waals surface area (Å²) < 4.78 is 42.3. The first kappa shape index (κ1) is 17.1. The number of amides is 1. The molecule has 0 saturated heterocycles. The van der Waals surface area contributed by atoms with Gasteiger partial charge in [-0.1, -0.05) is 0 Å². The van der Waals surface area contributed by atoms with Crippen LogP contribution in [0, 0.1) is 5.92 Å². The second-order valence-corrected chi connectivity index (χ2v) is 6.24. The monoisotopic (exact) mass is 297 g/mol. The molecule has 0 aliphatic heterocycles. The normalized spacial score (nSPS) is 25.9. The smallest absolute Gasteiger partial charge is 0.414 e. The Labute approximate surface area is 116 Å². The molecule has 1 aliphatic rings. The second kappa shape index (κ2) is 6.20. The highest BCUT2D eigenvalue weighted by Crippen LogP contribution is 2.34. The lowest BCUT2D eigenvalue weighted by molar-refractivity contribution is -0.222. The van der Waals surface area contributed by atoms with Gasteiger partial charge in [0.15, 0.2) is 6.10 Å². The molecule has 0 heterocycles. The zero-order valence-corrected chi connectivity index (χ0v) is 12.0. The molecular formula is C13H22F3NO3. The van der Waals surface area contributed by atoms with Crippen LogP contribution in [0.25, 0.3) is 0 Å². The van der Waals surface area contributed by atoms with Crippen LogP contribution < -0.4 is 5.32 Å². The molecule has 118 valence electrons. The predicted molar refractivity (Wildman–Crippen MR) is 67.2 cm³/mol. The van der Waals surface area contributed by atoms with E-state index in [9.17, 15) is 23.1 Å². The number of alkyl carbamates (subject to hydrolysis) is 1. The molecule has 1 aliphatic carbocycles. The van der Waals surface area contributed by atoms with Gasteiger partial charge in [-0.15, -0.1) is 0 Å². The Hall–Kier alpha value is -0.980. The summed E-state index contributed by atoms with van der Waals surface area (Å²) in [5, 5.41) is 11.8. The van der Waals surface area contributed by atoms with Crippen LogP contribution in [-0.4, -0.2) is 35.1 Å². The van der Waals surface area contributed by atoms with E-state index in [0.717, 1.165) is 0 Å². The zero-order valence-electron chi connectivity index (χ0n) is 12.0. The van der Waals surface area contributed by atoms with Gasteiger partial charge in [-0.05, 0) is 52.4 Å². The highest BCUT2D eigenvalue weighted by Gasteiger charge is 2.44. The van der Waals surface area contributed by atoms with Crippen LogP contribution in [0.15, 0.2) is 0 Å². The minimum atomic E-state index is -4.57. The maximum absolute atomic E-state index is 12.4. The van der Waals surface area contributed by atoms with E-state index in [1.165, 1.54) is 0 Å². The molecule has 1 rings (SSSR count). The van der Waals surface area contributed by atoms with Gasteiger partial charge >= 0.3 is 12.3 Å². The van der Waals surface area contributed by atoms with Gasteiger partial charge in [0.1, 0.15) is 5.60 Å². The van der Waals surface area contributed by atoms with Crippen LogP contribution in [0.5, 0.6) is 0 Å². The van der Waals surface area contributed by atoms with Crippen LogP contribution in [0.3, 0.4) is 0 Å². The number of carbonyl (C=O) groups is 1. The van der Waals surface area contributed by atoms with Gasteiger partial charge in [0.25, 0.3) is 0 Å². The summed E-state index contributed by atoms with van der Waals surface area (Å²) in [4.78, 5) is 11.5. The fraction of sp³-hybridized carbons (Fsp3) is 0.923. The molecule has 4 nitrogen and oxygen atoms in total. The van der Waals surface area contributed by atoms with Crippen molar-refractivity contribution in [3.05, 3.63) is 0 Å². The minimum Gasteiger partial charge on any atom is -0.444 e. The molecule has 7 heteroatoms. The Morgan fingerprint density at radius 2 is 1.70 bits per heavy atom. The van der Waals surface area contributed by atoms with E-state index < -0.39 is 29.9 Å². The third kappa shape index (κ3) is 5.56. The lowest BCUT2D eigenvalue weighted by atomic mass is 9.82. The summed E-state index contributed by atoms with van der Waals surface area (Å²) in [5.41, 5.74) is -0.603. The van der Waals surface area contributed by atoms with Gasteiger partial charge < -0.3 is 15.2 Å². The Balaban J connectivity index is 2.38. The number of nitrogens with one attached hydrogen (secondary N) is 1. The molecule has 0 aromatic rings. The summed E-state index contributed by atoms with van der Waals surface area (Å²) in [5.74, 6) is -0.785. The quantitative estimate of drug-likeness (QED) is 0.823. The number of halogens is 3. The van der Waals surface area contributed by atoms with Gasteiger partial charge in [-0.2, -0.15) is 13.2 Å². The van der Waals surface area contributed by atoms with Crippen LogP contribution in [0.4, 0.5) is 18.0 Å². The molecule has 0 bridgehead atoms. The molecule has 20 heavy (non-hydrogen) atoms. The van der Waals surface area contributed by atoms with Crippen LogP contribution >= 0.6 is 0 Å². The van der Waals surface area contributed by atoms with Gasteiger partial charge in [0.05, 0.1) is 0 Å². The average molecular weight is 297 g/mol. The number of ether oxygens (including phenoxy) is 1.